The van der Waals surface area contributed by atoms with Gasteiger partial charge in [0, 0.05) is 12.1 Å². The van der Waals surface area contributed by atoms with Gasteiger partial charge in [0.05, 0.1) is 33.4 Å². The zero-order valence-corrected chi connectivity index (χ0v) is 20.6. The summed E-state index contributed by atoms with van der Waals surface area (Å²) in [5.41, 5.74) is 0.783. The number of hydrogen-bond donors (Lipinski definition) is 1. The van der Waals surface area contributed by atoms with Gasteiger partial charge in [0.25, 0.3) is 0 Å². The van der Waals surface area contributed by atoms with Crippen molar-refractivity contribution in [2.75, 3.05) is 18.6 Å². The van der Waals surface area contributed by atoms with E-state index < -0.39 is 18.1 Å². The average molecular weight is 536 g/mol. The van der Waals surface area contributed by atoms with Crippen LogP contribution in [0.1, 0.15) is 41.1 Å². The van der Waals surface area contributed by atoms with Crippen LogP contribution in [-0.4, -0.2) is 36.3 Å². The second-order valence-electron chi connectivity index (χ2n) is 8.28. The van der Waals surface area contributed by atoms with Crippen LogP contribution in [0.25, 0.3) is 0 Å². The second-order valence-corrected chi connectivity index (χ2v) is 10.3. The molecule has 1 N–H and O–H groups in total. The van der Waals surface area contributed by atoms with Crippen LogP contribution in [0.2, 0.25) is 15.1 Å². The molecule has 2 unspecified atom stereocenters. The lowest BCUT2D eigenvalue weighted by Gasteiger charge is -2.32. The first-order valence-corrected chi connectivity index (χ1v) is 12.7. The number of alkyl halides is 3. The lowest BCUT2D eigenvalue weighted by atomic mass is 9.76. The van der Waals surface area contributed by atoms with Crippen molar-refractivity contribution in [1.82, 2.24) is 5.32 Å². The fourth-order valence-corrected chi connectivity index (χ4v) is 5.46. The lowest BCUT2D eigenvalue weighted by molar-refractivity contribution is -0.183. The van der Waals surface area contributed by atoms with Gasteiger partial charge < -0.3 is 5.32 Å². The number of benzene rings is 2. The number of carbonyl (C=O) groups excluding carboxylic acids is 1. The first-order valence-electron chi connectivity index (χ1n) is 10.2. The summed E-state index contributed by atoms with van der Waals surface area (Å²) in [5, 5.41) is 3.00. The minimum Gasteiger partial charge on any atom is -0.349 e. The smallest absolute Gasteiger partial charge is 0.349 e. The van der Waals surface area contributed by atoms with Crippen molar-refractivity contribution in [1.29, 1.82) is 0 Å². The molecule has 0 bridgehead atoms. The highest BCUT2D eigenvalue weighted by Crippen LogP contribution is 2.50. The molecule has 4 rings (SSSR count). The third kappa shape index (κ3) is 4.62. The van der Waals surface area contributed by atoms with Gasteiger partial charge in [0.1, 0.15) is 5.41 Å². The fourth-order valence-electron chi connectivity index (χ4n) is 4.51. The summed E-state index contributed by atoms with van der Waals surface area (Å²) in [6.45, 7) is -0.454. The van der Waals surface area contributed by atoms with E-state index in [9.17, 15) is 18.0 Å². The Balaban J connectivity index is 1.62. The van der Waals surface area contributed by atoms with Crippen molar-refractivity contribution in [3.05, 3.63) is 67.7 Å². The Morgan fingerprint density at radius 3 is 2.55 bits per heavy atom. The van der Waals surface area contributed by atoms with E-state index in [-0.39, 0.29) is 39.0 Å². The van der Waals surface area contributed by atoms with Crippen LogP contribution in [-0.2, 0) is 16.6 Å². The summed E-state index contributed by atoms with van der Waals surface area (Å²) in [7, 11) is 0. The molecule has 176 valence electrons. The molecule has 3 nitrogen and oxygen atoms in total. The third-order valence-corrected chi connectivity index (χ3v) is 8.00. The molecule has 33 heavy (non-hydrogen) atoms. The summed E-state index contributed by atoms with van der Waals surface area (Å²) in [4.78, 5) is 16.3. The number of aliphatic imine (C=N–C) groups is 1. The van der Waals surface area contributed by atoms with E-state index in [2.05, 4.69) is 10.3 Å². The van der Waals surface area contributed by atoms with E-state index in [1.54, 1.807) is 6.07 Å². The van der Waals surface area contributed by atoms with E-state index in [1.807, 2.05) is 18.4 Å². The van der Waals surface area contributed by atoms with Crippen molar-refractivity contribution in [3.63, 3.8) is 0 Å². The van der Waals surface area contributed by atoms with Crippen LogP contribution < -0.4 is 5.32 Å². The van der Waals surface area contributed by atoms with E-state index in [4.69, 9.17) is 34.8 Å². The second kappa shape index (κ2) is 9.33. The normalized spacial score (nSPS) is 22.3. The van der Waals surface area contributed by atoms with Gasteiger partial charge in [0.15, 0.2) is 0 Å². The van der Waals surface area contributed by atoms with Crippen LogP contribution in [0.3, 0.4) is 0 Å². The molecule has 1 aliphatic heterocycles. The average Bonchev–Trinajstić information content (AvgIpc) is 3.37. The predicted octanol–water partition coefficient (Wildman–Crippen LogP) is 6.81. The predicted molar refractivity (Wildman–Crippen MR) is 129 cm³/mol. The topological polar surface area (TPSA) is 41.5 Å². The maximum Gasteiger partial charge on any atom is 0.400 e. The summed E-state index contributed by atoms with van der Waals surface area (Å²) in [6, 6.07) is 7.94. The van der Waals surface area contributed by atoms with Crippen molar-refractivity contribution >= 4 is 58.2 Å². The molecule has 0 saturated carbocycles. The quantitative estimate of drug-likeness (QED) is 0.428. The molecule has 2 atom stereocenters. The van der Waals surface area contributed by atoms with Gasteiger partial charge in [-0.1, -0.05) is 46.9 Å². The molecule has 1 amide bonds. The van der Waals surface area contributed by atoms with Crippen LogP contribution in [0.15, 0.2) is 35.3 Å². The minimum absolute atomic E-state index is 0.0244. The molecule has 0 aromatic heterocycles. The highest BCUT2D eigenvalue weighted by Gasteiger charge is 2.58. The number of halogens is 6. The van der Waals surface area contributed by atoms with E-state index in [1.165, 1.54) is 23.9 Å². The SMILES string of the molecule is CSCC(=O)NC1CCc2cc(C3=NCC(c4cc(Cl)c(Cl)c(Cl)c4)(C(F)(F)F)C3)ccc21. The standard InChI is InChI=1S/C23H20Cl3F3N2OS/c1-33-10-20(32)31-18-5-3-12-6-13(2-4-15(12)18)19-9-22(11-30-19,23(27,28)29)14-7-16(24)21(26)17(25)8-14/h2,4,6-8,18H,3,5,9-11H2,1H3,(H,31,32). The maximum atomic E-state index is 14.4. The van der Waals surface area contributed by atoms with Crippen molar-refractivity contribution < 1.29 is 18.0 Å². The van der Waals surface area contributed by atoms with Crippen LogP contribution in [0, 0.1) is 0 Å². The number of nitrogens with one attached hydrogen (secondary N) is 1. The summed E-state index contributed by atoms with van der Waals surface area (Å²) >= 11 is 19.5. The number of amides is 1. The highest BCUT2D eigenvalue weighted by molar-refractivity contribution is 7.99. The molecule has 0 saturated heterocycles. The monoisotopic (exact) mass is 534 g/mol. The Hall–Kier alpha value is -1.41. The maximum absolute atomic E-state index is 14.4. The molecule has 0 radical (unpaired) electrons. The summed E-state index contributed by atoms with van der Waals surface area (Å²) in [5.74, 6) is 0.360. The van der Waals surface area contributed by atoms with Gasteiger partial charge in [-0.05, 0) is 59.6 Å². The zero-order valence-electron chi connectivity index (χ0n) is 17.5. The molecule has 2 aromatic carbocycles. The van der Waals surface area contributed by atoms with Gasteiger partial charge in [0.2, 0.25) is 5.91 Å². The number of carbonyl (C=O) groups is 1. The zero-order chi connectivity index (χ0) is 24.0. The number of rotatable bonds is 5. The molecule has 2 aromatic rings. The first kappa shape index (κ1) is 24.7. The number of fused-ring (bicyclic) bond motifs is 1. The molecule has 1 heterocycles. The highest BCUT2D eigenvalue weighted by atomic mass is 35.5. The van der Waals surface area contributed by atoms with E-state index in [0.29, 0.717) is 17.0 Å². The molecule has 0 spiro atoms. The number of nitrogens with zero attached hydrogens (tertiary/aromatic N) is 1. The number of thioether (sulfide) groups is 1. The Morgan fingerprint density at radius 2 is 1.91 bits per heavy atom. The van der Waals surface area contributed by atoms with Crippen LogP contribution in [0.4, 0.5) is 13.2 Å². The van der Waals surface area contributed by atoms with E-state index in [0.717, 1.165) is 24.0 Å². The lowest BCUT2D eigenvalue weighted by Crippen LogP contribution is -2.43. The first-order chi connectivity index (χ1) is 15.6. The van der Waals surface area contributed by atoms with Crippen molar-refractivity contribution in [2.24, 2.45) is 4.99 Å². The van der Waals surface area contributed by atoms with Crippen LogP contribution >= 0.6 is 46.6 Å². The Morgan fingerprint density at radius 1 is 1.21 bits per heavy atom. The van der Waals surface area contributed by atoms with Gasteiger partial charge >= 0.3 is 6.18 Å². The largest absolute Gasteiger partial charge is 0.400 e. The number of hydrogen-bond acceptors (Lipinski definition) is 3. The molecular formula is C23H20Cl3F3N2OS. The van der Waals surface area contributed by atoms with Gasteiger partial charge in [-0.3, -0.25) is 9.79 Å². The molecule has 0 fully saturated rings. The van der Waals surface area contributed by atoms with Gasteiger partial charge in [-0.2, -0.15) is 24.9 Å². The van der Waals surface area contributed by atoms with Crippen molar-refractivity contribution in [2.45, 2.75) is 36.9 Å². The summed E-state index contributed by atoms with van der Waals surface area (Å²) in [6.07, 6.45) is -1.52. The Labute approximate surface area is 209 Å². The Kier molecular flexibility index (Phi) is 6.98. The van der Waals surface area contributed by atoms with Gasteiger partial charge in [-0.15, -0.1) is 0 Å². The summed E-state index contributed by atoms with van der Waals surface area (Å²) < 4.78 is 43.1. The van der Waals surface area contributed by atoms with Crippen LogP contribution in [0.5, 0.6) is 0 Å². The van der Waals surface area contributed by atoms with E-state index >= 15 is 0 Å². The number of aryl methyl sites for hydroxylation is 1. The molecule has 1 aliphatic carbocycles. The van der Waals surface area contributed by atoms with Gasteiger partial charge in [-0.25, -0.2) is 0 Å². The molecular weight excluding hydrogens is 516 g/mol. The molecule has 2 aliphatic rings. The van der Waals surface area contributed by atoms with Crippen molar-refractivity contribution in [3.8, 4) is 0 Å². The minimum atomic E-state index is -4.57. The third-order valence-electron chi connectivity index (χ3n) is 6.25. The Bertz CT molecular complexity index is 1120. The molecule has 10 heteroatoms. The fraction of sp³-hybridized carbons (Fsp3) is 0.391.